The van der Waals surface area contributed by atoms with Crippen LogP contribution in [0, 0.1) is 5.41 Å². The fourth-order valence-corrected chi connectivity index (χ4v) is 3.53. The molecule has 1 aromatic carbocycles. The van der Waals surface area contributed by atoms with E-state index >= 15 is 0 Å². The molecular weight excluding hydrogens is 268 g/mol. The first kappa shape index (κ1) is 13.9. The Kier molecular flexibility index (Phi) is 3.35. The quantitative estimate of drug-likeness (QED) is 0.908. The van der Waals surface area contributed by atoms with Gasteiger partial charge in [0.1, 0.15) is 0 Å². The minimum atomic E-state index is -0.969. The van der Waals surface area contributed by atoms with Gasteiger partial charge in [0.2, 0.25) is 0 Å². The van der Waals surface area contributed by atoms with Gasteiger partial charge in [-0.1, -0.05) is 19.8 Å². The number of nitrogens with zero attached hydrogens (tertiary/aromatic N) is 1. The van der Waals surface area contributed by atoms with E-state index in [2.05, 4.69) is 11.9 Å². The van der Waals surface area contributed by atoms with Crippen LogP contribution >= 0.6 is 0 Å². The third kappa shape index (κ3) is 2.37. The summed E-state index contributed by atoms with van der Waals surface area (Å²) in [6, 6.07) is 4.79. The molecule has 1 aliphatic rings. The van der Waals surface area contributed by atoms with E-state index in [1.54, 1.807) is 16.7 Å². The second kappa shape index (κ2) is 5.06. The summed E-state index contributed by atoms with van der Waals surface area (Å²) in [5.74, 6) is -0.969. The summed E-state index contributed by atoms with van der Waals surface area (Å²) in [5, 5.41) is 9.13. The molecule has 1 fully saturated rings. The van der Waals surface area contributed by atoms with Gasteiger partial charge in [-0.2, -0.15) is 0 Å². The number of hydrogen-bond acceptors (Lipinski definition) is 2. The van der Waals surface area contributed by atoms with Gasteiger partial charge in [0.15, 0.2) is 0 Å². The highest BCUT2D eigenvalue weighted by molar-refractivity contribution is 5.92. The summed E-state index contributed by atoms with van der Waals surface area (Å²) in [6.07, 6.45) is 5.75. The monoisotopic (exact) mass is 288 g/mol. The highest BCUT2D eigenvalue weighted by atomic mass is 16.4. The van der Waals surface area contributed by atoms with Crippen LogP contribution in [0.25, 0.3) is 11.0 Å². The van der Waals surface area contributed by atoms with E-state index in [0.29, 0.717) is 17.6 Å². The summed E-state index contributed by atoms with van der Waals surface area (Å²) in [5.41, 5.74) is 1.64. The van der Waals surface area contributed by atoms with E-state index in [-0.39, 0.29) is 16.7 Å². The van der Waals surface area contributed by atoms with Crippen LogP contribution in [0.15, 0.2) is 23.0 Å². The Hall–Kier alpha value is -2.04. The van der Waals surface area contributed by atoms with Crippen LogP contribution in [-0.2, 0) is 6.54 Å². The number of fused-ring (bicyclic) bond motifs is 1. The minimum Gasteiger partial charge on any atom is -0.478 e. The molecule has 2 N–H and O–H groups in total. The number of imidazole rings is 1. The zero-order valence-corrected chi connectivity index (χ0v) is 12.2. The zero-order chi connectivity index (χ0) is 15.0. The maximum atomic E-state index is 12.2. The zero-order valence-electron chi connectivity index (χ0n) is 12.2. The van der Waals surface area contributed by atoms with E-state index < -0.39 is 5.97 Å². The predicted octanol–water partition coefficient (Wildman–Crippen LogP) is 3.00. The van der Waals surface area contributed by atoms with Gasteiger partial charge < -0.3 is 10.1 Å². The van der Waals surface area contributed by atoms with Crippen molar-refractivity contribution in [3.8, 4) is 0 Å². The van der Waals surface area contributed by atoms with Crippen molar-refractivity contribution < 1.29 is 9.90 Å². The first-order valence-electron chi connectivity index (χ1n) is 7.50. The van der Waals surface area contributed by atoms with Gasteiger partial charge in [-0.05, 0) is 42.9 Å². The molecule has 0 unspecified atom stereocenters. The fraction of sp³-hybridized carbons (Fsp3) is 0.500. The topological polar surface area (TPSA) is 75.1 Å². The molecule has 1 aromatic heterocycles. The number of nitrogens with one attached hydrogen (secondary N) is 1. The average molecular weight is 288 g/mol. The molecule has 0 aliphatic heterocycles. The Morgan fingerprint density at radius 1 is 1.38 bits per heavy atom. The van der Waals surface area contributed by atoms with Gasteiger partial charge in [0.05, 0.1) is 16.6 Å². The summed E-state index contributed by atoms with van der Waals surface area (Å²) in [6.45, 7) is 2.85. The Morgan fingerprint density at radius 2 is 2.10 bits per heavy atom. The molecule has 0 radical (unpaired) electrons. The number of hydrogen-bond donors (Lipinski definition) is 2. The second-order valence-electron chi connectivity index (χ2n) is 6.11. The lowest BCUT2D eigenvalue weighted by atomic mass is 9.83. The number of carboxylic acid groups (broad SMARTS) is 1. The van der Waals surface area contributed by atoms with Crippen molar-refractivity contribution in [2.75, 3.05) is 0 Å². The third-order valence-corrected chi connectivity index (χ3v) is 4.93. The number of aromatic nitrogens is 2. The molecule has 0 saturated heterocycles. The summed E-state index contributed by atoms with van der Waals surface area (Å²) >= 11 is 0. The first-order valence-corrected chi connectivity index (χ1v) is 7.50. The molecule has 5 nitrogen and oxygen atoms in total. The van der Waals surface area contributed by atoms with E-state index in [4.69, 9.17) is 5.11 Å². The van der Waals surface area contributed by atoms with Crippen LogP contribution in [0.1, 0.15) is 49.4 Å². The Morgan fingerprint density at radius 3 is 2.71 bits per heavy atom. The standard InChI is InChI=1S/C16H20N2O3/c1-2-16(7-3-4-8-16)10-18-13-9-11(14(19)20)5-6-12(13)17-15(18)21/h5-6,9H,2-4,7-8,10H2,1H3,(H,17,21)(H,19,20). The molecule has 0 bridgehead atoms. The number of carboxylic acids is 1. The van der Waals surface area contributed by atoms with Crippen molar-refractivity contribution in [3.63, 3.8) is 0 Å². The first-order chi connectivity index (χ1) is 10.0. The van der Waals surface area contributed by atoms with Crippen LogP contribution in [0.4, 0.5) is 0 Å². The maximum Gasteiger partial charge on any atom is 0.335 e. The van der Waals surface area contributed by atoms with E-state index in [1.807, 2.05) is 0 Å². The van der Waals surface area contributed by atoms with Gasteiger partial charge in [-0.3, -0.25) is 4.57 Å². The van der Waals surface area contributed by atoms with Crippen LogP contribution in [0.3, 0.4) is 0 Å². The van der Waals surface area contributed by atoms with Gasteiger partial charge in [-0.15, -0.1) is 0 Å². The van der Waals surface area contributed by atoms with Crippen molar-refractivity contribution in [2.24, 2.45) is 5.41 Å². The van der Waals surface area contributed by atoms with E-state index in [9.17, 15) is 9.59 Å². The largest absolute Gasteiger partial charge is 0.478 e. The van der Waals surface area contributed by atoms with Crippen LogP contribution in [0.2, 0.25) is 0 Å². The molecule has 1 heterocycles. The number of carbonyl (C=O) groups is 1. The molecule has 3 rings (SSSR count). The highest BCUT2D eigenvalue weighted by Crippen LogP contribution is 2.42. The smallest absolute Gasteiger partial charge is 0.335 e. The second-order valence-corrected chi connectivity index (χ2v) is 6.11. The Labute approximate surface area is 122 Å². The molecule has 0 spiro atoms. The van der Waals surface area contributed by atoms with E-state index in [1.165, 1.54) is 18.9 Å². The highest BCUT2D eigenvalue weighted by Gasteiger charge is 2.33. The lowest BCUT2D eigenvalue weighted by Crippen LogP contribution is -2.28. The molecule has 1 aliphatic carbocycles. The third-order valence-electron chi connectivity index (χ3n) is 4.93. The molecule has 0 atom stereocenters. The molecule has 1 saturated carbocycles. The minimum absolute atomic E-state index is 0.146. The van der Waals surface area contributed by atoms with Crippen molar-refractivity contribution in [2.45, 2.75) is 45.6 Å². The van der Waals surface area contributed by atoms with Gasteiger partial charge in [0.25, 0.3) is 0 Å². The molecule has 2 aromatic rings. The number of benzene rings is 1. The normalized spacial score (nSPS) is 17.4. The van der Waals surface area contributed by atoms with Crippen molar-refractivity contribution in [1.82, 2.24) is 9.55 Å². The fourth-order valence-electron chi connectivity index (χ4n) is 3.53. The van der Waals surface area contributed by atoms with Crippen molar-refractivity contribution >= 4 is 17.0 Å². The Balaban J connectivity index is 2.08. The molecular formula is C16H20N2O3. The number of H-pyrrole nitrogens is 1. The van der Waals surface area contributed by atoms with Crippen molar-refractivity contribution in [3.05, 3.63) is 34.2 Å². The van der Waals surface area contributed by atoms with Crippen LogP contribution < -0.4 is 5.69 Å². The van der Waals surface area contributed by atoms with E-state index in [0.717, 1.165) is 19.3 Å². The molecule has 0 amide bonds. The van der Waals surface area contributed by atoms with Crippen LogP contribution in [-0.4, -0.2) is 20.6 Å². The summed E-state index contributed by atoms with van der Waals surface area (Å²) in [7, 11) is 0. The van der Waals surface area contributed by atoms with Gasteiger partial charge in [-0.25, -0.2) is 9.59 Å². The van der Waals surface area contributed by atoms with Gasteiger partial charge in [0, 0.05) is 6.54 Å². The van der Waals surface area contributed by atoms with Gasteiger partial charge >= 0.3 is 11.7 Å². The number of aromatic amines is 1. The maximum absolute atomic E-state index is 12.2. The predicted molar refractivity (Wildman–Crippen MR) is 80.7 cm³/mol. The summed E-state index contributed by atoms with van der Waals surface area (Å²) in [4.78, 5) is 26.2. The average Bonchev–Trinajstić information content (AvgIpc) is 3.05. The molecule has 112 valence electrons. The number of rotatable bonds is 4. The molecule has 21 heavy (non-hydrogen) atoms. The SMILES string of the molecule is CCC1(Cn2c(=O)[nH]c3ccc(C(=O)O)cc32)CCCC1. The Bertz CT molecular complexity index is 736. The summed E-state index contributed by atoms with van der Waals surface area (Å²) < 4.78 is 1.72. The van der Waals surface area contributed by atoms with Crippen LogP contribution in [0.5, 0.6) is 0 Å². The lowest BCUT2D eigenvalue weighted by molar-refractivity contribution is 0.0697. The number of aromatic carboxylic acids is 1. The lowest BCUT2D eigenvalue weighted by Gasteiger charge is -2.27. The molecule has 5 heteroatoms. The van der Waals surface area contributed by atoms with Crippen molar-refractivity contribution in [1.29, 1.82) is 0 Å².